The Hall–Kier alpha value is -2.93. The molecule has 0 saturated carbocycles. The topological polar surface area (TPSA) is 76.7 Å². The van der Waals surface area contributed by atoms with Gasteiger partial charge in [0.25, 0.3) is 11.8 Å². The number of carbonyl (C=O) groups excluding carboxylic acids is 2. The average Bonchev–Trinajstić information content (AvgIpc) is 2.66. The molecular formula is C20H23FN2O4. The third kappa shape index (κ3) is 6.38. The van der Waals surface area contributed by atoms with Crippen LogP contribution >= 0.6 is 0 Å². The van der Waals surface area contributed by atoms with E-state index in [-0.39, 0.29) is 11.9 Å². The van der Waals surface area contributed by atoms with Gasteiger partial charge in [0, 0.05) is 5.56 Å². The highest BCUT2D eigenvalue weighted by Crippen LogP contribution is 2.16. The van der Waals surface area contributed by atoms with Crippen molar-refractivity contribution < 1.29 is 23.5 Å². The minimum absolute atomic E-state index is 0.0364. The SMILES string of the molecule is CC(C)OCc1ccc(C(=O)NNC(=O)[C@@H](C)Oc2ccccc2F)cc1. The average molecular weight is 374 g/mol. The minimum atomic E-state index is -0.988. The van der Waals surface area contributed by atoms with Crippen LogP contribution in [0.15, 0.2) is 48.5 Å². The Labute approximate surface area is 157 Å². The smallest absolute Gasteiger partial charge is 0.279 e. The Bertz CT molecular complexity index is 778. The van der Waals surface area contributed by atoms with E-state index in [1.165, 1.54) is 25.1 Å². The molecule has 0 fully saturated rings. The van der Waals surface area contributed by atoms with Crippen molar-refractivity contribution in [1.29, 1.82) is 0 Å². The molecule has 2 aromatic carbocycles. The highest BCUT2D eigenvalue weighted by atomic mass is 19.1. The first-order chi connectivity index (χ1) is 12.9. The van der Waals surface area contributed by atoms with Crippen LogP contribution in [0.2, 0.25) is 0 Å². The van der Waals surface area contributed by atoms with E-state index < -0.39 is 23.7 Å². The molecule has 1 atom stereocenters. The van der Waals surface area contributed by atoms with Crippen molar-refractivity contribution >= 4 is 11.8 Å². The van der Waals surface area contributed by atoms with Gasteiger partial charge >= 0.3 is 0 Å². The number of amides is 2. The zero-order chi connectivity index (χ0) is 19.8. The van der Waals surface area contributed by atoms with Gasteiger partial charge in [0.05, 0.1) is 12.7 Å². The Morgan fingerprint density at radius 3 is 2.30 bits per heavy atom. The second-order valence-electron chi connectivity index (χ2n) is 6.19. The molecule has 7 heteroatoms. The van der Waals surface area contributed by atoms with Gasteiger partial charge in [-0.2, -0.15) is 0 Å². The second-order valence-corrected chi connectivity index (χ2v) is 6.19. The van der Waals surface area contributed by atoms with E-state index in [1.807, 2.05) is 13.8 Å². The maximum atomic E-state index is 13.5. The zero-order valence-electron chi connectivity index (χ0n) is 15.5. The molecule has 0 aromatic heterocycles. The number of hydrogen-bond acceptors (Lipinski definition) is 4. The number of nitrogens with one attached hydrogen (secondary N) is 2. The molecule has 27 heavy (non-hydrogen) atoms. The van der Waals surface area contributed by atoms with Crippen molar-refractivity contribution in [3.05, 3.63) is 65.5 Å². The summed E-state index contributed by atoms with van der Waals surface area (Å²) < 4.78 is 24.3. The lowest BCUT2D eigenvalue weighted by atomic mass is 10.1. The molecule has 0 bridgehead atoms. The third-order valence-corrected chi connectivity index (χ3v) is 3.61. The summed E-state index contributed by atoms with van der Waals surface area (Å²) in [7, 11) is 0. The zero-order valence-corrected chi connectivity index (χ0v) is 15.5. The lowest BCUT2D eigenvalue weighted by Gasteiger charge is -2.15. The second kappa shape index (κ2) is 9.68. The van der Waals surface area contributed by atoms with Crippen molar-refractivity contribution in [3.63, 3.8) is 0 Å². The third-order valence-electron chi connectivity index (χ3n) is 3.61. The number of hydrogen-bond donors (Lipinski definition) is 2. The number of benzene rings is 2. The molecule has 0 aliphatic heterocycles. The number of para-hydroxylation sites is 1. The lowest BCUT2D eigenvalue weighted by Crippen LogP contribution is -2.47. The number of hydrazine groups is 1. The Morgan fingerprint density at radius 1 is 1.00 bits per heavy atom. The fraction of sp³-hybridized carbons (Fsp3) is 0.300. The van der Waals surface area contributed by atoms with Crippen molar-refractivity contribution in [2.75, 3.05) is 0 Å². The van der Waals surface area contributed by atoms with E-state index >= 15 is 0 Å². The van der Waals surface area contributed by atoms with Gasteiger partial charge in [-0.25, -0.2) is 4.39 Å². The van der Waals surface area contributed by atoms with Crippen molar-refractivity contribution in [2.45, 2.75) is 39.6 Å². The largest absolute Gasteiger partial charge is 0.478 e. The molecule has 2 amide bonds. The summed E-state index contributed by atoms with van der Waals surface area (Å²) in [4.78, 5) is 24.1. The number of carbonyl (C=O) groups is 2. The first-order valence-corrected chi connectivity index (χ1v) is 8.58. The summed E-state index contributed by atoms with van der Waals surface area (Å²) in [6.45, 7) is 5.81. The van der Waals surface area contributed by atoms with Crippen molar-refractivity contribution in [2.24, 2.45) is 0 Å². The molecule has 144 valence electrons. The molecule has 0 saturated heterocycles. The summed E-state index contributed by atoms with van der Waals surface area (Å²) in [5.74, 6) is -1.68. The maximum Gasteiger partial charge on any atom is 0.279 e. The molecule has 2 N–H and O–H groups in total. The van der Waals surface area contributed by atoms with Crippen LogP contribution in [0.4, 0.5) is 4.39 Å². The quantitative estimate of drug-likeness (QED) is 0.731. The van der Waals surface area contributed by atoms with Crippen LogP contribution in [0.1, 0.15) is 36.7 Å². The number of rotatable bonds is 7. The Balaban J connectivity index is 1.83. The maximum absolute atomic E-state index is 13.5. The fourth-order valence-corrected chi connectivity index (χ4v) is 2.09. The van der Waals surface area contributed by atoms with Crippen LogP contribution in [-0.2, 0) is 16.1 Å². The normalized spacial score (nSPS) is 11.7. The lowest BCUT2D eigenvalue weighted by molar-refractivity contribution is -0.128. The number of ether oxygens (including phenoxy) is 2. The monoisotopic (exact) mass is 374 g/mol. The van der Waals surface area contributed by atoms with Crippen molar-refractivity contribution in [1.82, 2.24) is 10.9 Å². The molecule has 0 unspecified atom stereocenters. The Kier molecular flexibility index (Phi) is 7.31. The van der Waals surface area contributed by atoms with Gasteiger partial charge in [0.2, 0.25) is 0 Å². The number of halogens is 1. The molecule has 2 rings (SSSR count). The van der Waals surface area contributed by atoms with E-state index in [0.29, 0.717) is 12.2 Å². The first kappa shape index (κ1) is 20.4. The van der Waals surface area contributed by atoms with Gasteiger partial charge in [-0.1, -0.05) is 24.3 Å². The molecular weight excluding hydrogens is 351 g/mol. The molecule has 6 nitrogen and oxygen atoms in total. The van der Waals surface area contributed by atoms with Gasteiger partial charge in [-0.05, 0) is 50.6 Å². The van der Waals surface area contributed by atoms with E-state index in [0.717, 1.165) is 5.56 Å². The van der Waals surface area contributed by atoms with E-state index in [1.54, 1.807) is 30.3 Å². The van der Waals surface area contributed by atoms with Crippen LogP contribution < -0.4 is 15.6 Å². The highest BCUT2D eigenvalue weighted by molar-refractivity contribution is 5.95. The van der Waals surface area contributed by atoms with Gasteiger partial charge in [-0.3, -0.25) is 20.4 Å². The van der Waals surface area contributed by atoms with Crippen LogP contribution in [-0.4, -0.2) is 24.0 Å². The highest BCUT2D eigenvalue weighted by Gasteiger charge is 2.17. The molecule has 0 aliphatic rings. The fourth-order valence-electron chi connectivity index (χ4n) is 2.09. The van der Waals surface area contributed by atoms with E-state index in [9.17, 15) is 14.0 Å². The molecule has 0 aliphatic carbocycles. The van der Waals surface area contributed by atoms with Gasteiger partial charge in [0.15, 0.2) is 17.7 Å². The minimum Gasteiger partial charge on any atom is -0.478 e. The van der Waals surface area contributed by atoms with E-state index in [4.69, 9.17) is 9.47 Å². The Morgan fingerprint density at radius 2 is 1.67 bits per heavy atom. The predicted octanol–water partition coefficient (Wildman–Crippen LogP) is 2.98. The van der Waals surface area contributed by atoms with E-state index in [2.05, 4.69) is 10.9 Å². The summed E-state index contributed by atoms with van der Waals surface area (Å²) in [5.41, 5.74) is 5.89. The van der Waals surface area contributed by atoms with Gasteiger partial charge < -0.3 is 9.47 Å². The van der Waals surface area contributed by atoms with Crippen LogP contribution in [0.25, 0.3) is 0 Å². The van der Waals surface area contributed by atoms with Crippen LogP contribution in [0.5, 0.6) is 5.75 Å². The van der Waals surface area contributed by atoms with Crippen LogP contribution in [0, 0.1) is 5.82 Å². The van der Waals surface area contributed by atoms with Crippen LogP contribution in [0.3, 0.4) is 0 Å². The van der Waals surface area contributed by atoms with Gasteiger partial charge in [0.1, 0.15) is 0 Å². The molecule has 0 heterocycles. The molecule has 0 radical (unpaired) electrons. The molecule has 2 aromatic rings. The summed E-state index contributed by atoms with van der Waals surface area (Å²) in [6.07, 6.45) is -0.866. The first-order valence-electron chi connectivity index (χ1n) is 8.58. The van der Waals surface area contributed by atoms with Gasteiger partial charge in [-0.15, -0.1) is 0 Å². The predicted molar refractivity (Wildman–Crippen MR) is 98.5 cm³/mol. The van der Waals surface area contributed by atoms with Crippen molar-refractivity contribution in [3.8, 4) is 5.75 Å². The molecule has 0 spiro atoms. The summed E-state index contributed by atoms with van der Waals surface area (Å²) in [6, 6.07) is 12.6. The summed E-state index contributed by atoms with van der Waals surface area (Å²) >= 11 is 0. The summed E-state index contributed by atoms with van der Waals surface area (Å²) in [5, 5.41) is 0. The standard InChI is InChI=1S/C20H23FN2O4/c1-13(2)26-12-15-8-10-16(11-9-15)20(25)23-22-19(24)14(3)27-18-7-5-4-6-17(18)21/h4-11,13-14H,12H2,1-3H3,(H,22,24)(H,23,25)/t14-/m1/s1.